The molecule has 0 spiro atoms. The summed E-state index contributed by atoms with van der Waals surface area (Å²) in [5.74, 6) is 0.980. The highest BCUT2D eigenvalue weighted by molar-refractivity contribution is 5.58. The normalized spacial score (nSPS) is 22.2. The van der Waals surface area contributed by atoms with Gasteiger partial charge in [0.05, 0.1) is 11.5 Å². The number of nitrogens with one attached hydrogen (secondary N) is 1. The minimum Gasteiger partial charge on any atom is -0.487 e. The van der Waals surface area contributed by atoms with E-state index in [1.165, 1.54) is 18.9 Å². The van der Waals surface area contributed by atoms with Crippen LogP contribution in [0, 0.1) is 16.0 Å². The summed E-state index contributed by atoms with van der Waals surface area (Å²) < 4.78 is 5.35. The predicted molar refractivity (Wildman–Crippen MR) is 74.7 cm³/mol. The van der Waals surface area contributed by atoms with Crippen LogP contribution in [0.1, 0.15) is 33.1 Å². The standard InChI is InChI=1S/C14H20N2O3/c1-3-19-14-9-11(7-8-13(14)16(17)18)15-12-6-4-5-10(12)2/h7-10,12,15H,3-6H2,1-2H3. The summed E-state index contributed by atoms with van der Waals surface area (Å²) in [4.78, 5) is 10.5. The van der Waals surface area contributed by atoms with Crippen molar-refractivity contribution in [2.24, 2.45) is 5.92 Å². The Balaban J connectivity index is 2.17. The molecule has 5 heteroatoms. The Morgan fingerprint density at radius 3 is 2.84 bits per heavy atom. The Bertz CT molecular complexity index is 462. The molecule has 0 bridgehead atoms. The van der Waals surface area contributed by atoms with Crippen LogP contribution >= 0.6 is 0 Å². The van der Waals surface area contributed by atoms with Gasteiger partial charge in [-0.1, -0.05) is 13.3 Å². The lowest BCUT2D eigenvalue weighted by Gasteiger charge is -2.19. The monoisotopic (exact) mass is 264 g/mol. The van der Waals surface area contributed by atoms with Crippen molar-refractivity contribution in [2.75, 3.05) is 11.9 Å². The third-order valence-electron chi connectivity index (χ3n) is 3.67. The average Bonchev–Trinajstić information content (AvgIpc) is 2.75. The van der Waals surface area contributed by atoms with E-state index in [-0.39, 0.29) is 5.69 Å². The van der Waals surface area contributed by atoms with Crippen molar-refractivity contribution in [3.05, 3.63) is 28.3 Å². The summed E-state index contributed by atoms with van der Waals surface area (Å²) in [7, 11) is 0. The van der Waals surface area contributed by atoms with Gasteiger partial charge in [0.15, 0.2) is 5.75 Å². The van der Waals surface area contributed by atoms with Crippen LogP contribution in [-0.4, -0.2) is 17.6 Å². The van der Waals surface area contributed by atoms with E-state index >= 15 is 0 Å². The quantitative estimate of drug-likeness (QED) is 0.652. The van der Waals surface area contributed by atoms with Crippen LogP contribution in [0.5, 0.6) is 5.75 Å². The summed E-state index contributed by atoms with van der Waals surface area (Å²) in [5.41, 5.74) is 0.916. The predicted octanol–water partition coefficient (Wildman–Crippen LogP) is 3.59. The van der Waals surface area contributed by atoms with Crippen molar-refractivity contribution >= 4 is 11.4 Å². The molecule has 0 saturated heterocycles. The number of hydrogen-bond acceptors (Lipinski definition) is 4. The lowest BCUT2D eigenvalue weighted by molar-refractivity contribution is -0.385. The summed E-state index contributed by atoms with van der Waals surface area (Å²) in [6, 6.07) is 5.45. The third-order valence-corrected chi connectivity index (χ3v) is 3.67. The minimum absolute atomic E-state index is 0.0203. The van der Waals surface area contributed by atoms with E-state index < -0.39 is 4.92 Å². The van der Waals surface area contributed by atoms with E-state index in [0.717, 1.165) is 12.1 Å². The molecular weight excluding hydrogens is 244 g/mol. The Hall–Kier alpha value is -1.78. The van der Waals surface area contributed by atoms with Crippen molar-refractivity contribution in [1.82, 2.24) is 0 Å². The van der Waals surface area contributed by atoms with Gasteiger partial charge < -0.3 is 10.1 Å². The molecule has 0 radical (unpaired) electrons. The van der Waals surface area contributed by atoms with Gasteiger partial charge in [0, 0.05) is 23.9 Å². The van der Waals surface area contributed by atoms with Gasteiger partial charge >= 0.3 is 5.69 Å². The molecule has 5 nitrogen and oxygen atoms in total. The van der Waals surface area contributed by atoms with Crippen LogP contribution in [0.2, 0.25) is 0 Å². The van der Waals surface area contributed by atoms with Crippen LogP contribution in [0.3, 0.4) is 0 Å². The first-order chi connectivity index (χ1) is 9.11. The van der Waals surface area contributed by atoms with Crippen molar-refractivity contribution in [3.8, 4) is 5.75 Å². The van der Waals surface area contributed by atoms with Crippen LogP contribution in [0.4, 0.5) is 11.4 Å². The molecule has 1 aliphatic carbocycles. The van der Waals surface area contributed by atoms with E-state index in [1.54, 1.807) is 12.1 Å². The van der Waals surface area contributed by atoms with E-state index in [0.29, 0.717) is 24.3 Å². The summed E-state index contributed by atoms with van der Waals surface area (Å²) in [6.07, 6.45) is 3.63. The highest BCUT2D eigenvalue weighted by Gasteiger charge is 2.24. The second kappa shape index (κ2) is 5.91. The van der Waals surface area contributed by atoms with E-state index in [1.807, 2.05) is 6.92 Å². The van der Waals surface area contributed by atoms with Crippen molar-refractivity contribution < 1.29 is 9.66 Å². The molecular formula is C14H20N2O3. The SMILES string of the molecule is CCOc1cc(NC2CCCC2C)ccc1[N+](=O)[O-]. The highest BCUT2D eigenvalue weighted by atomic mass is 16.6. The first-order valence-electron chi connectivity index (χ1n) is 6.79. The number of ether oxygens (including phenoxy) is 1. The summed E-state index contributed by atoms with van der Waals surface area (Å²) in [5, 5.41) is 14.4. The molecule has 0 heterocycles. The molecule has 1 N–H and O–H groups in total. The zero-order chi connectivity index (χ0) is 13.8. The maximum absolute atomic E-state index is 10.9. The number of nitrogens with zero attached hydrogens (tertiary/aromatic N) is 1. The van der Waals surface area contributed by atoms with Gasteiger partial charge in [-0.05, 0) is 31.7 Å². The molecule has 0 amide bonds. The molecule has 19 heavy (non-hydrogen) atoms. The summed E-state index contributed by atoms with van der Waals surface area (Å²) in [6.45, 7) is 4.48. The molecule has 1 fully saturated rings. The number of benzene rings is 1. The minimum atomic E-state index is -0.410. The van der Waals surface area contributed by atoms with Crippen LogP contribution in [0.25, 0.3) is 0 Å². The Morgan fingerprint density at radius 2 is 2.26 bits per heavy atom. The first-order valence-corrected chi connectivity index (χ1v) is 6.79. The van der Waals surface area contributed by atoms with Crippen LogP contribution < -0.4 is 10.1 Å². The van der Waals surface area contributed by atoms with Gasteiger partial charge in [0.1, 0.15) is 0 Å². The zero-order valence-corrected chi connectivity index (χ0v) is 11.4. The van der Waals surface area contributed by atoms with Gasteiger partial charge in [-0.3, -0.25) is 10.1 Å². The molecule has 2 rings (SSSR count). The molecule has 1 saturated carbocycles. The fourth-order valence-electron chi connectivity index (χ4n) is 2.60. The van der Waals surface area contributed by atoms with Crippen LogP contribution in [0.15, 0.2) is 18.2 Å². The van der Waals surface area contributed by atoms with Gasteiger partial charge in [-0.25, -0.2) is 0 Å². The van der Waals surface area contributed by atoms with E-state index in [4.69, 9.17) is 4.74 Å². The number of hydrogen-bond donors (Lipinski definition) is 1. The fraction of sp³-hybridized carbons (Fsp3) is 0.571. The third kappa shape index (κ3) is 3.16. The maximum atomic E-state index is 10.9. The van der Waals surface area contributed by atoms with Gasteiger partial charge in [-0.2, -0.15) is 0 Å². The lowest BCUT2D eigenvalue weighted by Crippen LogP contribution is -2.21. The van der Waals surface area contributed by atoms with Gasteiger partial charge in [0.2, 0.25) is 0 Å². The van der Waals surface area contributed by atoms with Gasteiger partial charge in [0.25, 0.3) is 0 Å². The largest absolute Gasteiger partial charge is 0.487 e. The number of nitro benzene ring substituents is 1. The Morgan fingerprint density at radius 1 is 1.47 bits per heavy atom. The molecule has 0 aliphatic heterocycles. The molecule has 2 atom stereocenters. The highest BCUT2D eigenvalue weighted by Crippen LogP contribution is 2.33. The molecule has 0 aromatic heterocycles. The molecule has 1 aromatic rings. The number of nitro groups is 1. The Kier molecular flexibility index (Phi) is 4.24. The molecule has 2 unspecified atom stereocenters. The summed E-state index contributed by atoms with van der Waals surface area (Å²) >= 11 is 0. The Labute approximate surface area is 113 Å². The number of rotatable bonds is 5. The van der Waals surface area contributed by atoms with Crippen LogP contribution in [-0.2, 0) is 0 Å². The maximum Gasteiger partial charge on any atom is 0.311 e. The smallest absolute Gasteiger partial charge is 0.311 e. The average molecular weight is 264 g/mol. The van der Waals surface area contributed by atoms with E-state index in [2.05, 4.69) is 12.2 Å². The molecule has 1 aliphatic rings. The van der Waals surface area contributed by atoms with Gasteiger partial charge in [-0.15, -0.1) is 0 Å². The number of anilines is 1. The molecule has 104 valence electrons. The van der Waals surface area contributed by atoms with Crippen molar-refractivity contribution in [1.29, 1.82) is 0 Å². The second-order valence-corrected chi connectivity index (χ2v) is 5.03. The van der Waals surface area contributed by atoms with E-state index in [9.17, 15) is 10.1 Å². The first kappa shape index (κ1) is 13.6. The van der Waals surface area contributed by atoms with Crippen molar-refractivity contribution in [3.63, 3.8) is 0 Å². The lowest BCUT2D eigenvalue weighted by atomic mass is 10.1. The second-order valence-electron chi connectivity index (χ2n) is 5.03. The fourth-order valence-corrected chi connectivity index (χ4v) is 2.60. The van der Waals surface area contributed by atoms with Crippen molar-refractivity contribution in [2.45, 2.75) is 39.2 Å². The molecule has 1 aromatic carbocycles. The zero-order valence-electron chi connectivity index (χ0n) is 11.4. The topological polar surface area (TPSA) is 64.4 Å².